The summed E-state index contributed by atoms with van der Waals surface area (Å²) in [5.41, 5.74) is -0.0388. The predicted molar refractivity (Wildman–Crippen MR) is 93.9 cm³/mol. The van der Waals surface area contributed by atoms with Gasteiger partial charge in [-0.1, -0.05) is 12.8 Å². The van der Waals surface area contributed by atoms with Gasteiger partial charge in [-0.2, -0.15) is 0 Å². The number of rotatable bonds is 13. The lowest BCUT2D eigenvalue weighted by Crippen LogP contribution is -2.45. The summed E-state index contributed by atoms with van der Waals surface area (Å²) in [6.07, 6.45) is 3.51. The van der Waals surface area contributed by atoms with Gasteiger partial charge >= 0.3 is 8.80 Å². The van der Waals surface area contributed by atoms with Crippen molar-refractivity contribution >= 4 is 8.80 Å². The first-order valence-electron chi connectivity index (χ1n) is 9.03. The van der Waals surface area contributed by atoms with Crippen LogP contribution in [0, 0.1) is 17.5 Å². The first-order valence-corrected chi connectivity index (χ1v) is 11.0. The largest absolute Gasteiger partial charge is 0.500 e. The summed E-state index contributed by atoms with van der Waals surface area (Å²) in [4.78, 5) is 0. The van der Waals surface area contributed by atoms with E-state index in [-0.39, 0.29) is 12.0 Å². The molecule has 0 aliphatic heterocycles. The average Bonchev–Trinajstić information content (AvgIpc) is 2.53. The lowest BCUT2D eigenvalue weighted by atomic mass is 10.1. The van der Waals surface area contributed by atoms with Crippen LogP contribution in [0.4, 0.5) is 13.2 Å². The van der Waals surface area contributed by atoms with E-state index >= 15 is 0 Å². The molecule has 1 aromatic carbocycles. The van der Waals surface area contributed by atoms with Crippen molar-refractivity contribution in [3.8, 4) is 0 Å². The Morgan fingerprint density at radius 2 is 1.24 bits per heavy atom. The fraction of sp³-hybridized carbons (Fsp3) is 0.667. The zero-order valence-electron chi connectivity index (χ0n) is 15.4. The van der Waals surface area contributed by atoms with E-state index in [0.717, 1.165) is 37.4 Å². The molecule has 1 rings (SSSR count). The molecule has 0 aliphatic carbocycles. The van der Waals surface area contributed by atoms with Crippen molar-refractivity contribution in [1.82, 2.24) is 0 Å². The summed E-state index contributed by atoms with van der Waals surface area (Å²) >= 11 is 0. The smallest absolute Gasteiger partial charge is 0.374 e. The van der Waals surface area contributed by atoms with Crippen LogP contribution in [-0.2, 0) is 19.7 Å². The maximum atomic E-state index is 13.6. The molecule has 0 fully saturated rings. The molecule has 0 aliphatic rings. The van der Waals surface area contributed by atoms with Crippen LogP contribution >= 0.6 is 0 Å². The number of unbranched alkanes of at least 4 members (excludes halogenated alkanes) is 3. The van der Waals surface area contributed by atoms with Crippen LogP contribution in [0.5, 0.6) is 0 Å². The van der Waals surface area contributed by atoms with Crippen LogP contribution in [0.2, 0.25) is 6.04 Å². The minimum absolute atomic E-state index is 0.0388. The van der Waals surface area contributed by atoms with Crippen molar-refractivity contribution in [3.05, 3.63) is 35.1 Å². The third kappa shape index (κ3) is 7.48. The van der Waals surface area contributed by atoms with Gasteiger partial charge in [0.25, 0.3) is 0 Å². The molecular formula is C18H29F3O3Si. The highest BCUT2D eigenvalue weighted by Crippen LogP contribution is 2.22. The molecule has 7 heteroatoms. The Hall–Kier alpha value is -0.893. The highest BCUT2D eigenvalue weighted by molar-refractivity contribution is 6.60. The Morgan fingerprint density at radius 1 is 0.760 bits per heavy atom. The Morgan fingerprint density at radius 3 is 1.72 bits per heavy atom. The molecule has 0 aromatic heterocycles. The minimum Gasteiger partial charge on any atom is -0.374 e. The van der Waals surface area contributed by atoms with E-state index in [9.17, 15) is 13.2 Å². The Balaban J connectivity index is 2.39. The molecule has 0 bridgehead atoms. The molecule has 0 radical (unpaired) electrons. The van der Waals surface area contributed by atoms with Crippen molar-refractivity contribution in [2.45, 2.75) is 58.9 Å². The molecule has 0 saturated carbocycles. The number of halogens is 3. The summed E-state index contributed by atoms with van der Waals surface area (Å²) in [5.74, 6) is -2.51. The van der Waals surface area contributed by atoms with E-state index in [1.165, 1.54) is 0 Å². The van der Waals surface area contributed by atoms with Gasteiger partial charge in [-0.05, 0) is 40.0 Å². The van der Waals surface area contributed by atoms with Gasteiger partial charge in [0.05, 0.1) is 0 Å². The molecule has 0 saturated heterocycles. The van der Waals surface area contributed by atoms with Gasteiger partial charge in [-0.3, -0.25) is 0 Å². The predicted octanol–water partition coefficient (Wildman–Crippen LogP) is 5.26. The second-order valence-corrected chi connectivity index (χ2v) is 8.48. The Bertz CT molecular complexity index is 474. The summed E-state index contributed by atoms with van der Waals surface area (Å²) in [6, 6.07) is 2.19. The van der Waals surface area contributed by atoms with Gasteiger partial charge < -0.3 is 13.3 Å². The van der Waals surface area contributed by atoms with Gasteiger partial charge in [0.2, 0.25) is 0 Å². The van der Waals surface area contributed by atoms with Crippen LogP contribution < -0.4 is 0 Å². The quantitative estimate of drug-likeness (QED) is 0.346. The molecule has 0 amide bonds. The van der Waals surface area contributed by atoms with E-state index in [4.69, 9.17) is 13.3 Å². The molecular weight excluding hydrogens is 349 g/mol. The number of hydrogen-bond donors (Lipinski definition) is 0. The zero-order chi connectivity index (χ0) is 18.7. The van der Waals surface area contributed by atoms with Crippen molar-refractivity contribution in [2.75, 3.05) is 19.8 Å². The van der Waals surface area contributed by atoms with Crippen LogP contribution in [0.15, 0.2) is 12.1 Å². The summed E-state index contributed by atoms with van der Waals surface area (Å²) in [5, 5.41) is 0. The number of benzene rings is 1. The van der Waals surface area contributed by atoms with Crippen molar-refractivity contribution in [2.24, 2.45) is 0 Å². The van der Waals surface area contributed by atoms with E-state index in [1.807, 2.05) is 20.8 Å². The Kier molecular flexibility index (Phi) is 10.3. The van der Waals surface area contributed by atoms with E-state index in [2.05, 4.69) is 0 Å². The zero-order valence-corrected chi connectivity index (χ0v) is 16.4. The molecule has 144 valence electrons. The Labute approximate surface area is 149 Å². The second-order valence-electron chi connectivity index (χ2n) is 5.74. The fourth-order valence-electron chi connectivity index (χ4n) is 2.81. The summed E-state index contributed by atoms with van der Waals surface area (Å²) in [6.45, 7) is 7.42. The minimum atomic E-state index is -2.61. The standard InChI is InChI=1S/C18H29F3O3Si/c1-4-22-25(23-5-2,24-6-3)12-10-8-7-9-11-16-17(20)13-15(19)14-18(16)21/h13-14H,4-12H2,1-3H3. The first-order chi connectivity index (χ1) is 12.0. The third-order valence-corrected chi connectivity index (χ3v) is 7.01. The van der Waals surface area contributed by atoms with Gasteiger partial charge in [0.1, 0.15) is 17.5 Å². The lowest BCUT2D eigenvalue weighted by Gasteiger charge is -2.28. The van der Waals surface area contributed by atoms with Gasteiger partial charge in [-0.25, -0.2) is 13.2 Å². The number of hydrogen-bond acceptors (Lipinski definition) is 3. The van der Waals surface area contributed by atoms with Crippen LogP contribution in [0.1, 0.15) is 52.0 Å². The maximum absolute atomic E-state index is 13.6. The van der Waals surface area contributed by atoms with Gasteiger partial charge in [0, 0.05) is 43.6 Å². The molecule has 0 unspecified atom stereocenters. The van der Waals surface area contributed by atoms with Crippen LogP contribution in [0.25, 0.3) is 0 Å². The molecule has 3 nitrogen and oxygen atoms in total. The molecule has 0 spiro atoms. The topological polar surface area (TPSA) is 27.7 Å². The normalized spacial score (nSPS) is 11.9. The highest BCUT2D eigenvalue weighted by atomic mass is 28.4. The molecule has 0 N–H and O–H groups in total. The monoisotopic (exact) mass is 378 g/mol. The van der Waals surface area contributed by atoms with Crippen molar-refractivity contribution < 1.29 is 26.4 Å². The summed E-state index contributed by atoms with van der Waals surface area (Å²) in [7, 11) is -2.61. The molecule has 0 heterocycles. The maximum Gasteiger partial charge on any atom is 0.500 e. The second kappa shape index (κ2) is 11.7. The average molecular weight is 379 g/mol. The van der Waals surface area contributed by atoms with E-state index < -0.39 is 26.3 Å². The van der Waals surface area contributed by atoms with Crippen molar-refractivity contribution in [3.63, 3.8) is 0 Å². The van der Waals surface area contributed by atoms with E-state index in [0.29, 0.717) is 26.2 Å². The lowest BCUT2D eigenvalue weighted by molar-refractivity contribution is 0.0706. The van der Waals surface area contributed by atoms with Crippen LogP contribution in [-0.4, -0.2) is 28.6 Å². The van der Waals surface area contributed by atoms with Gasteiger partial charge in [-0.15, -0.1) is 0 Å². The first kappa shape index (κ1) is 22.1. The molecule has 25 heavy (non-hydrogen) atoms. The van der Waals surface area contributed by atoms with E-state index in [1.54, 1.807) is 0 Å². The third-order valence-electron chi connectivity index (χ3n) is 3.86. The summed E-state index contributed by atoms with van der Waals surface area (Å²) < 4.78 is 57.4. The molecule has 1 aromatic rings. The van der Waals surface area contributed by atoms with Crippen molar-refractivity contribution in [1.29, 1.82) is 0 Å². The van der Waals surface area contributed by atoms with Gasteiger partial charge in [0.15, 0.2) is 0 Å². The fourth-order valence-corrected chi connectivity index (χ4v) is 5.49. The SMILES string of the molecule is CCO[Si](CCCCCCc1c(F)cc(F)cc1F)(OCC)OCC. The molecule has 0 atom stereocenters. The highest BCUT2D eigenvalue weighted by Gasteiger charge is 2.39. The van der Waals surface area contributed by atoms with Crippen LogP contribution in [0.3, 0.4) is 0 Å².